The average molecular weight is 295 g/mol. The maximum Gasteiger partial charge on any atom is 0.0710 e. The Hall–Kier alpha value is -0.160. The van der Waals surface area contributed by atoms with Crippen molar-refractivity contribution in [2.75, 3.05) is 52.9 Å². The molecule has 1 unspecified atom stereocenters. The van der Waals surface area contributed by atoms with E-state index >= 15 is 0 Å². The Morgan fingerprint density at radius 1 is 1.14 bits per heavy atom. The molecule has 4 nitrogen and oxygen atoms in total. The van der Waals surface area contributed by atoms with Crippen LogP contribution in [0.2, 0.25) is 0 Å². The summed E-state index contributed by atoms with van der Waals surface area (Å²) < 4.78 is 6.49. The fourth-order valence-electron chi connectivity index (χ4n) is 4.27. The van der Waals surface area contributed by atoms with E-state index < -0.39 is 0 Å². The molecule has 3 aliphatic rings. The number of nitrogens with zero attached hydrogens (tertiary/aromatic N) is 2. The second-order valence-corrected chi connectivity index (χ2v) is 7.38. The van der Waals surface area contributed by atoms with Gasteiger partial charge in [0.25, 0.3) is 0 Å². The lowest BCUT2D eigenvalue weighted by Gasteiger charge is -2.34. The summed E-state index contributed by atoms with van der Waals surface area (Å²) in [6.07, 6.45) is 9.87. The first kappa shape index (κ1) is 15.7. The molecule has 3 rings (SSSR count). The third-order valence-corrected chi connectivity index (χ3v) is 5.63. The van der Waals surface area contributed by atoms with Gasteiger partial charge in [0, 0.05) is 45.8 Å². The molecule has 1 aliphatic carbocycles. The molecular formula is C17H33N3O. The summed E-state index contributed by atoms with van der Waals surface area (Å²) in [6.45, 7) is 8.21. The Balaban J connectivity index is 1.36. The minimum Gasteiger partial charge on any atom is -0.370 e. The minimum absolute atomic E-state index is 0.280. The van der Waals surface area contributed by atoms with E-state index in [2.05, 4.69) is 22.2 Å². The van der Waals surface area contributed by atoms with E-state index in [1.54, 1.807) is 0 Å². The summed E-state index contributed by atoms with van der Waals surface area (Å²) >= 11 is 0. The molecule has 0 aromatic rings. The number of piperazine rings is 1. The first-order valence-corrected chi connectivity index (χ1v) is 9.05. The highest BCUT2D eigenvalue weighted by Gasteiger charge is 2.40. The van der Waals surface area contributed by atoms with Gasteiger partial charge in [-0.15, -0.1) is 0 Å². The molecule has 0 radical (unpaired) electrons. The van der Waals surface area contributed by atoms with Crippen LogP contribution in [0, 0.1) is 0 Å². The van der Waals surface area contributed by atoms with E-state index in [1.807, 2.05) is 0 Å². The normalized spacial score (nSPS) is 30.3. The summed E-state index contributed by atoms with van der Waals surface area (Å²) in [4.78, 5) is 5.06. The highest BCUT2D eigenvalue weighted by atomic mass is 16.5. The van der Waals surface area contributed by atoms with Crippen molar-refractivity contribution in [2.24, 2.45) is 0 Å². The Kier molecular flexibility index (Phi) is 5.54. The Morgan fingerprint density at radius 2 is 1.90 bits per heavy atom. The molecule has 122 valence electrons. The lowest BCUT2D eigenvalue weighted by Crippen LogP contribution is -2.46. The first-order valence-electron chi connectivity index (χ1n) is 9.05. The van der Waals surface area contributed by atoms with Crippen molar-refractivity contribution in [3.63, 3.8) is 0 Å². The van der Waals surface area contributed by atoms with Crippen LogP contribution in [0.25, 0.3) is 0 Å². The van der Waals surface area contributed by atoms with Crippen LogP contribution in [0.15, 0.2) is 0 Å². The molecule has 4 heteroatoms. The van der Waals surface area contributed by atoms with Crippen LogP contribution in [0.3, 0.4) is 0 Å². The van der Waals surface area contributed by atoms with Gasteiger partial charge in [-0.05, 0) is 32.7 Å². The first-order chi connectivity index (χ1) is 10.3. The molecule has 2 saturated heterocycles. The number of nitrogens with one attached hydrogen (secondary N) is 1. The summed E-state index contributed by atoms with van der Waals surface area (Å²) in [5, 5.41) is 3.42. The molecule has 1 atom stereocenters. The van der Waals surface area contributed by atoms with Gasteiger partial charge in [-0.3, -0.25) is 4.90 Å². The molecule has 1 spiro atoms. The number of likely N-dealkylation sites (N-methyl/N-ethyl adjacent to an activating group) is 1. The number of hydrogen-bond donors (Lipinski definition) is 1. The average Bonchev–Trinajstić information content (AvgIpc) is 2.89. The predicted molar refractivity (Wildman–Crippen MR) is 86.7 cm³/mol. The van der Waals surface area contributed by atoms with Crippen molar-refractivity contribution in [1.82, 2.24) is 15.1 Å². The topological polar surface area (TPSA) is 27.7 Å². The molecule has 2 aliphatic heterocycles. The molecule has 0 bridgehead atoms. The molecule has 1 N–H and O–H groups in total. The van der Waals surface area contributed by atoms with Crippen molar-refractivity contribution in [1.29, 1.82) is 0 Å². The van der Waals surface area contributed by atoms with Crippen LogP contribution >= 0.6 is 0 Å². The highest BCUT2D eigenvalue weighted by molar-refractivity contribution is 4.91. The summed E-state index contributed by atoms with van der Waals surface area (Å²) in [5.74, 6) is 0. The van der Waals surface area contributed by atoms with Gasteiger partial charge in [0.05, 0.1) is 11.7 Å². The Morgan fingerprint density at radius 3 is 2.67 bits per heavy atom. The van der Waals surface area contributed by atoms with Crippen LogP contribution in [0.1, 0.15) is 44.9 Å². The fourth-order valence-corrected chi connectivity index (χ4v) is 4.27. The zero-order chi connectivity index (χ0) is 14.5. The second-order valence-electron chi connectivity index (χ2n) is 7.38. The Labute approximate surface area is 130 Å². The fraction of sp³-hybridized carbons (Fsp3) is 1.00. The van der Waals surface area contributed by atoms with E-state index in [4.69, 9.17) is 4.74 Å². The molecule has 3 fully saturated rings. The number of rotatable bonds is 5. The van der Waals surface area contributed by atoms with Crippen LogP contribution in [-0.2, 0) is 4.74 Å². The molecule has 21 heavy (non-hydrogen) atoms. The third kappa shape index (κ3) is 4.41. The van der Waals surface area contributed by atoms with Gasteiger partial charge in [-0.25, -0.2) is 0 Å². The molecule has 2 heterocycles. The Bertz CT molecular complexity index is 311. The van der Waals surface area contributed by atoms with Crippen molar-refractivity contribution in [2.45, 2.75) is 56.7 Å². The summed E-state index contributed by atoms with van der Waals surface area (Å²) in [5.41, 5.74) is 0.280. The maximum absolute atomic E-state index is 6.49. The van der Waals surface area contributed by atoms with E-state index in [9.17, 15) is 0 Å². The molecule has 0 aromatic carbocycles. The second kappa shape index (κ2) is 7.40. The predicted octanol–water partition coefficient (Wildman–Crippen LogP) is 1.71. The third-order valence-electron chi connectivity index (χ3n) is 5.63. The van der Waals surface area contributed by atoms with Gasteiger partial charge in [-0.1, -0.05) is 19.3 Å². The molecular weight excluding hydrogens is 262 g/mol. The summed E-state index contributed by atoms with van der Waals surface area (Å²) in [6, 6.07) is 0. The van der Waals surface area contributed by atoms with E-state index in [1.165, 1.54) is 71.1 Å². The van der Waals surface area contributed by atoms with E-state index in [0.29, 0.717) is 6.10 Å². The van der Waals surface area contributed by atoms with Crippen LogP contribution < -0.4 is 5.32 Å². The quantitative estimate of drug-likeness (QED) is 0.835. The minimum atomic E-state index is 0.280. The van der Waals surface area contributed by atoms with Gasteiger partial charge >= 0.3 is 0 Å². The van der Waals surface area contributed by atoms with Crippen molar-refractivity contribution >= 4 is 0 Å². The highest BCUT2D eigenvalue weighted by Crippen LogP contribution is 2.41. The van der Waals surface area contributed by atoms with Gasteiger partial charge < -0.3 is 15.0 Å². The van der Waals surface area contributed by atoms with Crippen molar-refractivity contribution < 1.29 is 4.74 Å². The van der Waals surface area contributed by atoms with Crippen LogP contribution in [-0.4, -0.2) is 74.4 Å². The lowest BCUT2D eigenvalue weighted by atomic mass is 9.83. The molecule has 1 saturated carbocycles. The molecule has 0 aromatic heterocycles. The van der Waals surface area contributed by atoms with Crippen molar-refractivity contribution in [3.05, 3.63) is 0 Å². The van der Waals surface area contributed by atoms with E-state index in [0.717, 1.165) is 19.6 Å². The van der Waals surface area contributed by atoms with Gasteiger partial charge in [-0.2, -0.15) is 0 Å². The maximum atomic E-state index is 6.49. The number of ether oxygens (including phenoxy) is 1. The van der Waals surface area contributed by atoms with Gasteiger partial charge in [0.2, 0.25) is 0 Å². The van der Waals surface area contributed by atoms with Gasteiger partial charge in [0.15, 0.2) is 0 Å². The smallest absolute Gasteiger partial charge is 0.0710 e. The largest absolute Gasteiger partial charge is 0.370 e. The summed E-state index contributed by atoms with van der Waals surface area (Å²) in [7, 11) is 2.26. The standard InChI is InChI=1S/C17H33N3O/c1-19(13-14-20-11-9-18-10-12-20)15-16-5-8-17(21-16)6-3-2-4-7-17/h16,18H,2-15H2,1H3. The van der Waals surface area contributed by atoms with Gasteiger partial charge in [0.1, 0.15) is 0 Å². The van der Waals surface area contributed by atoms with Crippen molar-refractivity contribution in [3.8, 4) is 0 Å². The lowest BCUT2D eigenvalue weighted by molar-refractivity contribution is -0.0704. The monoisotopic (exact) mass is 295 g/mol. The SMILES string of the molecule is CN(CCN1CCNCC1)CC1CCC2(CCCCC2)O1. The molecule has 0 amide bonds. The van der Waals surface area contributed by atoms with Crippen LogP contribution in [0.5, 0.6) is 0 Å². The zero-order valence-electron chi connectivity index (χ0n) is 13.8. The zero-order valence-corrected chi connectivity index (χ0v) is 13.8. The number of hydrogen-bond acceptors (Lipinski definition) is 4. The van der Waals surface area contributed by atoms with E-state index in [-0.39, 0.29) is 5.60 Å². The van der Waals surface area contributed by atoms with Crippen LogP contribution in [0.4, 0.5) is 0 Å².